The molecule has 112 valence electrons. The van der Waals surface area contributed by atoms with Crippen molar-refractivity contribution in [3.63, 3.8) is 0 Å². The van der Waals surface area contributed by atoms with E-state index in [0.29, 0.717) is 25.9 Å². The van der Waals surface area contributed by atoms with Gasteiger partial charge < -0.3 is 4.90 Å². The van der Waals surface area contributed by atoms with Gasteiger partial charge >= 0.3 is 0 Å². The number of carbonyl (C=O) groups excluding carboxylic acids is 1. The molecule has 0 bridgehead atoms. The highest BCUT2D eigenvalue weighted by Crippen LogP contribution is 2.32. The molecule has 1 amide bonds. The van der Waals surface area contributed by atoms with Crippen molar-refractivity contribution < 1.29 is 13.2 Å². The summed E-state index contributed by atoms with van der Waals surface area (Å²) in [6.45, 7) is 0.663. The summed E-state index contributed by atoms with van der Waals surface area (Å²) in [7, 11) is 0.198. The molecule has 0 N–H and O–H groups in total. The Hall–Kier alpha value is -1.41. The van der Waals surface area contributed by atoms with Crippen LogP contribution in [0.4, 0.5) is 0 Å². The molecule has 2 heterocycles. The van der Waals surface area contributed by atoms with Crippen LogP contribution in [0.15, 0.2) is 18.5 Å². The molecular weight excluding hydrogens is 280 g/mol. The topological polar surface area (TPSA) is 75.5 Å². The predicted octanol–water partition coefficient (Wildman–Crippen LogP) is -0.278. The number of sulfonamides is 1. The van der Waals surface area contributed by atoms with Gasteiger partial charge in [0.1, 0.15) is 5.54 Å². The second kappa shape index (κ2) is 5.17. The van der Waals surface area contributed by atoms with E-state index in [2.05, 4.69) is 5.10 Å². The van der Waals surface area contributed by atoms with Crippen molar-refractivity contribution in [2.24, 2.45) is 0 Å². The SMILES string of the molecule is CN(C)C(=O)C1(n2cccn2)CCN(S(C)(=O)=O)CC1. The van der Waals surface area contributed by atoms with Crippen LogP contribution in [0.5, 0.6) is 0 Å². The third kappa shape index (κ3) is 2.57. The van der Waals surface area contributed by atoms with Crippen molar-refractivity contribution >= 4 is 15.9 Å². The number of amides is 1. The van der Waals surface area contributed by atoms with Crippen LogP contribution in [0.2, 0.25) is 0 Å². The lowest BCUT2D eigenvalue weighted by Gasteiger charge is -2.41. The highest BCUT2D eigenvalue weighted by atomic mass is 32.2. The number of aromatic nitrogens is 2. The average molecular weight is 300 g/mol. The number of likely N-dealkylation sites (N-methyl/N-ethyl adjacent to an activating group) is 1. The van der Waals surface area contributed by atoms with E-state index in [-0.39, 0.29) is 5.91 Å². The largest absolute Gasteiger partial charge is 0.347 e. The first kappa shape index (κ1) is 15.0. The molecule has 20 heavy (non-hydrogen) atoms. The number of hydrogen-bond donors (Lipinski definition) is 0. The maximum Gasteiger partial charge on any atom is 0.250 e. The van der Waals surface area contributed by atoms with E-state index in [0.717, 1.165) is 0 Å². The third-order valence-electron chi connectivity index (χ3n) is 3.77. The molecule has 1 fully saturated rings. The molecule has 2 rings (SSSR count). The summed E-state index contributed by atoms with van der Waals surface area (Å²) in [5.41, 5.74) is -0.784. The van der Waals surface area contributed by atoms with Crippen molar-refractivity contribution in [3.05, 3.63) is 18.5 Å². The minimum absolute atomic E-state index is 0.0469. The van der Waals surface area contributed by atoms with Crippen LogP contribution in [0, 0.1) is 0 Å². The lowest BCUT2D eigenvalue weighted by molar-refractivity contribution is -0.141. The van der Waals surface area contributed by atoms with Gasteiger partial charge in [-0.25, -0.2) is 12.7 Å². The number of carbonyl (C=O) groups is 1. The highest BCUT2D eigenvalue weighted by molar-refractivity contribution is 7.88. The fourth-order valence-electron chi connectivity index (χ4n) is 2.67. The fraction of sp³-hybridized carbons (Fsp3) is 0.667. The Balaban J connectivity index is 2.31. The standard InChI is InChI=1S/C12H20N4O3S/c1-14(2)11(17)12(16-8-4-7-13-16)5-9-15(10-6-12)20(3,18)19/h4,7-8H,5-6,9-10H2,1-3H3. The minimum atomic E-state index is -3.21. The lowest BCUT2D eigenvalue weighted by Crippen LogP contribution is -2.55. The van der Waals surface area contributed by atoms with E-state index in [1.54, 1.807) is 37.2 Å². The molecule has 0 spiro atoms. The molecule has 1 aromatic rings. The second-order valence-corrected chi connectivity index (χ2v) is 7.33. The van der Waals surface area contributed by atoms with Crippen molar-refractivity contribution in [2.75, 3.05) is 33.4 Å². The summed E-state index contributed by atoms with van der Waals surface area (Å²) < 4.78 is 26.3. The van der Waals surface area contributed by atoms with Crippen LogP contribution in [-0.2, 0) is 20.4 Å². The monoisotopic (exact) mass is 300 g/mol. The molecule has 1 aromatic heterocycles. The summed E-state index contributed by atoms with van der Waals surface area (Å²) in [4.78, 5) is 14.1. The molecule has 0 aliphatic carbocycles. The quantitative estimate of drug-likeness (QED) is 0.769. The van der Waals surface area contributed by atoms with Gasteiger partial charge in [0.25, 0.3) is 0 Å². The first-order valence-corrected chi connectivity index (χ1v) is 8.29. The van der Waals surface area contributed by atoms with Crippen molar-refractivity contribution in [1.82, 2.24) is 19.0 Å². The molecule has 7 nitrogen and oxygen atoms in total. The van der Waals surface area contributed by atoms with Crippen LogP contribution < -0.4 is 0 Å². The van der Waals surface area contributed by atoms with Crippen molar-refractivity contribution in [1.29, 1.82) is 0 Å². The maximum absolute atomic E-state index is 12.6. The van der Waals surface area contributed by atoms with Crippen LogP contribution in [0.1, 0.15) is 12.8 Å². The van der Waals surface area contributed by atoms with E-state index in [9.17, 15) is 13.2 Å². The van der Waals surface area contributed by atoms with Crippen LogP contribution in [0.25, 0.3) is 0 Å². The average Bonchev–Trinajstić information content (AvgIpc) is 2.91. The van der Waals surface area contributed by atoms with Crippen molar-refractivity contribution in [2.45, 2.75) is 18.4 Å². The summed E-state index contributed by atoms with van der Waals surface area (Å²) in [5.74, 6) is -0.0469. The van der Waals surface area contributed by atoms with E-state index in [1.807, 2.05) is 0 Å². The van der Waals surface area contributed by atoms with Gasteiger partial charge in [0.05, 0.1) is 6.26 Å². The first-order chi connectivity index (χ1) is 9.27. The number of rotatable bonds is 3. The van der Waals surface area contributed by atoms with Crippen LogP contribution >= 0.6 is 0 Å². The Kier molecular flexibility index (Phi) is 3.88. The van der Waals surface area contributed by atoms with Gasteiger partial charge in [0, 0.05) is 39.6 Å². The summed E-state index contributed by atoms with van der Waals surface area (Å²) in [6.07, 6.45) is 5.45. The molecule has 0 atom stereocenters. The summed E-state index contributed by atoms with van der Waals surface area (Å²) in [5, 5.41) is 4.20. The normalized spacial score (nSPS) is 19.8. The number of hydrogen-bond acceptors (Lipinski definition) is 4. The molecule has 1 saturated heterocycles. The summed E-state index contributed by atoms with van der Waals surface area (Å²) in [6, 6.07) is 1.77. The number of piperidine rings is 1. The maximum atomic E-state index is 12.6. The third-order valence-corrected chi connectivity index (χ3v) is 5.07. The van der Waals surface area contributed by atoms with Gasteiger partial charge in [0.15, 0.2) is 0 Å². The highest BCUT2D eigenvalue weighted by Gasteiger charge is 2.45. The van der Waals surface area contributed by atoms with Crippen LogP contribution in [0.3, 0.4) is 0 Å². The molecule has 0 radical (unpaired) electrons. The Morgan fingerprint density at radius 3 is 2.30 bits per heavy atom. The number of nitrogens with zero attached hydrogens (tertiary/aromatic N) is 4. The zero-order chi connectivity index (χ0) is 15.0. The first-order valence-electron chi connectivity index (χ1n) is 6.44. The van der Waals surface area contributed by atoms with Gasteiger partial charge in [-0.3, -0.25) is 9.48 Å². The molecule has 1 aliphatic heterocycles. The Labute approximate surface area is 119 Å². The van der Waals surface area contributed by atoms with Crippen molar-refractivity contribution in [3.8, 4) is 0 Å². The van der Waals surface area contributed by atoms with E-state index in [4.69, 9.17) is 0 Å². The van der Waals surface area contributed by atoms with E-state index in [1.165, 1.54) is 15.5 Å². The smallest absolute Gasteiger partial charge is 0.250 e. The molecule has 0 unspecified atom stereocenters. The second-order valence-electron chi connectivity index (χ2n) is 5.34. The van der Waals surface area contributed by atoms with Gasteiger partial charge in [0.2, 0.25) is 15.9 Å². The lowest BCUT2D eigenvalue weighted by atomic mass is 9.87. The van der Waals surface area contributed by atoms with E-state index >= 15 is 0 Å². The van der Waals surface area contributed by atoms with E-state index < -0.39 is 15.6 Å². The predicted molar refractivity (Wildman–Crippen MR) is 74.5 cm³/mol. The van der Waals surface area contributed by atoms with Gasteiger partial charge in [-0.15, -0.1) is 0 Å². The summed E-state index contributed by atoms with van der Waals surface area (Å²) >= 11 is 0. The minimum Gasteiger partial charge on any atom is -0.347 e. The van der Waals surface area contributed by atoms with Gasteiger partial charge in [-0.1, -0.05) is 0 Å². The zero-order valence-corrected chi connectivity index (χ0v) is 12.8. The Morgan fingerprint density at radius 1 is 1.30 bits per heavy atom. The van der Waals surface area contributed by atoms with Gasteiger partial charge in [-0.2, -0.15) is 5.10 Å². The molecule has 8 heteroatoms. The Bertz CT molecular complexity index is 572. The van der Waals surface area contributed by atoms with Gasteiger partial charge in [-0.05, 0) is 18.9 Å². The zero-order valence-electron chi connectivity index (χ0n) is 12.0. The van der Waals surface area contributed by atoms with Crippen LogP contribution in [-0.4, -0.2) is 66.8 Å². The Morgan fingerprint density at radius 2 is 1.90 bits per heavy atom. The molecule has 0 saturated carbocycles. The molecular formula is C12H20N4O3S. The molecule has 0 aromatic carbocycles. The fourth-order valence-corrected chi connectivity index (χ4v) is 3.51. The molecule has 1 aliphatic rings.